The summed E-state index contributed by atoms with van der Waals surface area (Å²) in [6, 6.07) is 7.41. The Labute approximate surface area is 112 Å². The summed E-state index contributed by atoms with van der Waals surface area (Å²) in [7, 11) is 0. The predicted octanol–water partition coefficient (Wildman–Crippen LogP) is 2.11. The van der Waals surface area contributed by atoms with E-state index in [0.29, 0.717) is 6.42 Å². The molecule has 5 heteroatoms. The summed E-state index contributed by atoms with van der Waals surface area (Å²) in [6.45, 7) is 1.56. The minimum absolute atomic E-state index is 0. The SMILES string of the molecule is CC(=O)n1cc([C@H](N)CCO)c2ccccc21.Cl. The van der Waals surface area contributed by atoms with Crippen LogP contribution in [0.2, 0.25) is 0 Å². The molecule has 1 aromatic heterocycles. The van der Waals surface area contributed by atoms with Crippen LogP contribution in [0.5, 0.6) is 0 Å². The van der Waals surface area contributed by atoms with Gasteiger partial charge < -0.3 is 10.8 Å². The highest BCUT2D eigenvalue weighted by molar-refractivity contribution is 5.93. The Bertz CT molecular complexity index is 551. The Kier molecular flexibility index (Phi) is 4.90. The molecule has 1 atom stereocenters. The van der Waals surface area contributed by atoms with Crippen LogP contribution in [-0.4, -0.2) is 22.2 Å². The highest BCUT2D eigenvalue weighted by Crippen LogP contribution is 2.26. The van der Waals surface area contributed by atoms with Gasteiger partial charge in [-0.3, -0.25) is 9.36 Å². The van der Waals surface area contributed by atoms with Gasteiger partial charge in [0.25, 0.3) is 0 Å². The zero-order valence-electron chi connectivity index (χ0n) is 10.2. The van der Waals surface area contributed by atoms with Crippen molar-refractivity contribution in [3.63, 3.8) is 0 Å². The number of hydrogen-bond donors (Lipinski definition) is 2. The summed E-state index contributed by atoms with van der Waals surface area (Å²) in [5.41, 5.74) is 7.77. The van der Waals surface area contributed by atoms with E-state index >= 15 is 0 Å². The Balaban J connectivity index is 0.00000162. The summed E-state index contributed by atoms with van der Waals surface area (Å²) >= 11 is 0. The number of nitrogens with zero attached hydrogens (tertiary/aromatic N) is 1. The molecule has 3 N–H and O–H groups in total. The predicted molar refractivity (Wildman–Crippen MR) is 74.1 cm³/mol. The molecular formula is C13H17ClN2O2. The molecule has 0 aliphatic carbocycles. The molecule has 0 aliphatic rings. The summed E-state index contributed by atoms with van der Waals surface area (Å²) < 4.78 is 1.60. The number of para-hydroxylation sites is 1. The zero-order valence-corrected chi connectivity index (χ0v) is 11.0. The average Bonchev–Trinajstić information content (AvgIpc) is 2.69. The first-order valence-corrected chi connectivity index (χ1v) is 5.62. The summed E-state index contributed by atoms with van der Waals surface area (Å²) in [6.07, 6.45) is 2.26. The van der Waals surface area contributed by atoms with Gasteiger partial charge in [0.2, 0.25) is 5.91 Å². The van der Waals surface area contributed by atoms with Crippen molar-refractivity contribution >= 4 is 29.2 Å². The lowest BCUT2D eigenvalue weighted by atomic mass is 10.0. The third-order valence-electron chi connectivity index (χ3n) is 2.92. The zero-order chi connectivity index (χ0) is 12.4. The average molecular weight is 269 g/mol. The first-order chi connectivity index (χ1) is 8.15. The lowest BCUT2D eigenvalue weighted by Gasteiger charge is -2.07. The number of rotatable bonds is 3. The monoisotopic (exact) mass is 268 g/mol. The molecule has 0 aliphatic heterocycles. The fourth-order valence-corrected chi connectivity index (χ4v) is 2.06. The second-order valence-corrected chi connectivity index (χ2v) is 4.11. The largest absolute Gasteiger partial charge is 0.396 e. The number of fused-ring (bicyclic) bond motifs is 1. The number of carbonyl (C=O) groups excluding carboxylic acids is 1. The Morgan fingerprint density at radius 2 is 2.11 bits per heavy atom. The number of nitrogens with two attached hydrogens (primary N) is 1. The molecule has 0 bridgehead atoms. The smallest absolute Gasteiger partial charge is 0.227 e. The molecule has 2 aromatic rings. The van der Waals surface area contributed by atoms with Crippen LogP contribution in [0.25, 0.3) is 10.9 Å². The molecule has 0 fully saturated rings. The van der Waals surface area contributed by atoms with Crippen molar-refractivity contribution in [2.75, 3.05) is 6.61 Å². The fraction of sp³-hybridized carbons (Fsp3) is 0.308. The summed E-state index contributed by atoms with van der Waals surface area (Å²) in [5, 5.41) is 9.91. The van der Waals surface area contributed by atoms with Crippen molar-refractivity contribution in [3.8, 4) is 0 Å². The molecule has 0 saturated carbocycles. The molecule has 0 saturated heterocycles. The van der Waals surface area contributed by atoms with E-state index in [1.165, 1.54) is 6.92 Å². The Morgan fingerprint density at radius 3 is 2.72 bits per heavy atom. The molecule has 0 amide bonds. The van der Waals surface area contributed by atoms with E-state index in [1.54, 1.807) is 10.8 Å². The third kappa shape index (κ3) is 2.56. The summed E-state index contributed by atoms with van der Waals surface area (Å²) in [5.74, 6) is -0.0383. The van der Waals surface area contributed by atoms with Gasteiger partial charge in [-0.15, -0.1) is 12.4 Å². The molecule has 1 aromatic carbocycles. The van der Waals surface area contributed by atoms with E-state index in [2.05, 4.69) is 0 Å². The van der Waals surface area contributed by atoms with Gasteiger partial charge in [0.05, 0.1) is 5.52 Å². The van der Waals surface area contributed by atoms with Crippen LogP contribution in [0.1, 0.15) is 29.7 Å². The topological polar surface area (TPSA) is 68.2 Å². The van der Waals surface area contributed by atoms with Crippen LogP contribution in [-0.2, 0) is 0 Å². The molecule has 18 heavy (non-hydrogen) atoms. The highest BCUT2D eigenvalue weighted by atomic mass is 35.5. The van der Waals surface area contributed by atoms with Crippen molar-refractivity contribution in [2.45, 2.75) is 19.4 Å². The summed E-state index contributed by atoms with van der Waals surface area (Å²) in [4.78, 5) is 11.5. The van der Waals surface area contributed by atoms with Crippen molar-refractivity contribution < 1.29 is 9.90 Å². The third-order valence-corrected chi connectivity index (χ3v) is 2.92. The lowest BCUT2D eigenvalue weighted by molar-refractivity contribution is 0.0941. The number of aliphatic hydroxyl groups excluding tert-OH is 1. The van der Waals surface area contributed by atoms with E-state index < -0.39 is 0 Å². The minimum Gasteiger partial charge on any atom is -0.396 e. The Morgan fingerprint density at radius 1 is 1.44 bits per heavy atom. The number of hydrogen-bond acceptors (Lipinski definition) is 3. The van der Waals surface area contributed by atoms with Crippen molar-refractivity contribution in [2.24, 2.45) is 5.73 Å². The van der Waals surface area contributed by atoms with Crippen LogP contribution in [0.3, 0.4) is 0 Å². The molecule has 98 valence electrons. The first-order valence-electron chi connectivity index (χ1n) is 5.62. The van der Waals surface area contributed by atoms with E-state index in [-0.39, 0.29) is 31.0 Å². The van der Waals surface area contributed by atoms with Crippen LogP contribution in [0, 0.1) is 0 Å². The standard InChI is InChI=1S/C13H16N2O2.ClH/c1-9(17)15-8-11(12(14)6-7-16)10-4-2-3-5-13(10)15;/h2-5,8,12,16H,6-7,14H2,1H3;1H/t12-;/m1./s1. The second-order valence-electron chi connectivity index (χ2n) is 4.11. The highest BCUT2D eigenvalue weighted by Gasteiger charge is 2.15. The molecule has 0 unspecified atom stereocenters. The van der Waals surface area contributed by atoms with Gasteiger partial charge in [0, 0.05) is 31.2 Å². The van der Waals surface area contributed by atoms with Gasteiger partial charge in [-0.05, 0) is 18.1 Å². The number of carbonyl (C=O) groups is 1. The number of aliphatic hydroxyl groups is 1. The van der Waals surface area contributed by atoms with Crippen LogP contribution < -0.4 is 5.73 Å². The van der Waals surface area contributed by atoms with E-state index in [4.69, 9.17) is 10.8 Å². The molecule has 1 heterocycles. The maximum Gasteiger partial charge on any atom is 0.227 e. The van der Waals surface area contributed by atoms with Crippen molar-refractivity contribution in [1.82, 2.24) is 4.57 Å². The number of aromatic nitrogens is 1. The van der Waals surface area contributed by atoms with Crippen molar-refractivity contribution in [3.05, 3.63) is 36.0 Å². The second kappa shape index (κ2) is 6.00. The van der Waals surface area contributed by atoms with Crippen LogP contribution in [0.4, 0.5) is 0 Å². The van der Waals surface area contributed by atoms with Gasteiger partial charge in [-0.2, -0.15) is 0 Å². The van der Waals surface area contributed by atoms with Gasteiger partial charge in [-0.1, -0.05) is 18.2 Å². The van der Waals surface area contributed by atoms with Crippen LogP contribution >= 0.6 is 12.4 Å². The van der Waals surface area contributed by atoms with Gasteiger partial charge in [0.1, 0.15) is 0 Å². The number of halogens is 1. The first kappa shape index (κ1) is 14.7. The van der Waals surface area contributed by atoms with E-state index in [9.17, 15) is 4.79 Å². The molecule has 4 nitrogen and oxygen atoms in total. The quantitative estimate of drug-likeness (QED) is 0.896. The van der Waals surface area contributed by atoms with E-state index in [1.807, 2.05) is 24.3 Å². The molecule has 2 rings (SSSR count). The maximum absolute atomic E-state index is 11.5. The van der Waals surface area contributed by atoms with Crippen LogP contribution in [0.15, 0.2) is 30.5 Å². The lowest BCUT2D eigenvalue weighted by Crippen LogP contribution is -2.11. The normalized spacial score (nSPS) is 12.2. The van der Waals surface area contributed by atoms with E-state index in [0.717, 1.165) is 16.5 Å². The molecular weight excluding hydrogens is 252 g/mol. The Hall–Kier alpha value is -1.36. The van der Waals surface area contributed by atoms with Gasteiger partial charge in [0.15, 0.2) is 0 Å². The maximum atomic E-state index is 11.5. The molecule has 0 spiro atoms. The van der Waals surface area contributed by atoms with Gasteiger partial charge in [-0.25, -0.2) is 0 Å². The fourth-order valence-electron chi connectivity index (χ4n) is 2.06. The molecule has 0 radical (unpaired) electrons. The number of benzene rings is 1. The van der Waals surface area contributed by atoms with Crippen molar-refractivity contribution in [1.29, 1.82) is 0 Å². The van der Waals surface area contributed by atoms with Gasteiger partial charge >= 0.3 is 0 Å². The minimum atomic E-state index is -0.245.